The molecular formula is C14H11ClFNO2. The van der Waals surface area contributed by atoms with Gasteiger partial charge in [0.05, 0.1) is 12.1 Å². The molecule has 0 heterocycles. The highest BCUT2D eigenvalue weighted by Gasteiger charge is 2.15. The molecule has 0 unspecified atom stereocenters. The van der Waals surface area contributed by atoms with E-state index in [1.807, 2.05) is 0 Å². The Morgan fingerprint density at radius 1 is 1.26 bits per heavy atom. The third-order valence-corrected chi connectivity index (χ3v) is 2.92. The molecule has 0 aromatic heterocycles. The summed E-state index contributed by atoms with van der Waals surface area (Å²) >= 11 is 6.01. The summed E-state index contributed by atoms with van der Waals surface area (Å²) in [5.74, 6) is -0.410. The number of methoxy groups -OCH3 is 1. The van der Waals surface area contributed by atoms with Gasteiger partial charge in [-0.3, -0.25) is 4.79 Å². The van der Waals surface area contributed by atoms with Gasteiger partial charge in [0.1, 0.15) is 11.6 Å². The molecule has 0 amide bonds. The fraction of sp³-hybridized carbons (Fsp3) is 0.0714. The van der Waals surface area contributed by atoms with Gasteiger partial charge >= 0.3 is 0 Å². The van der Waals surface area contributed by atoms with Gasteiger partial charge in [0.25, 0.3) is 0 Å². The molecule has 2 N–H and O–H groups in total. The van der Waals surface area contributed by atoms with Gasteiger partial charge in [-0.25, -0.2) is 4.39 Å². The summed E-state index contributed by atoms with van der Waals surface area (Å²) in [5, 5.41) is 0.243. The number of nitrogen functional groups attached to an aromatic ring is 1. The summed E-state index contributed by atoms with van der Waals surface area (Å²) in [6.45, 7) is 0. The first-order chi connectivity index (χ1) is 9.01. The molecule has 3 nitrogen and oxygen atoms in total. The normalized spacial score (nSPS) is 10.3. The van der Waals surface area contributed by atoms with E-state index in [9.17, 15) is 9.18 Å². The first-order valence-corrected chi connectivity index (χ1v) is 5.83. The van der Waals surface area contributed by atoms with Gasteiger partial charge in [-0.15, -0.1) is 0 Å². The molecule has 0 fully saturated rings. The topological polar surface area (TPSA) is 52.3 Å². The molecule has 0 spiro atoms. The minimum absolute atomic E-state index is 0.157. The fourth-order valence-corrected chi connectivity index (χ4v) is 1.96. The summed E-state index contributed by atoms with van der Waals surface area (Å²) in [6, 6.07) is 8.35. The molecule has 2 rings (SSSR count). The van der Waals surface area contributed by atoms with Crippen LogP contribution in [0.1, 0.15) is 15.9 Å². The van der Waals surface area contributed by atoms with E-state index in [1.54, 1.807) is 6.07 Å². The van der Waals surface area contributed by atoms with Crippen molar-refractivity contribution < 1.29 is 13.9 Å². The van der Waals surface area contributed by atoms with Crippen molar-refractivity contribution in [1.29, 1.82) is 0 Å². The molecule has 2 aromatic rings. The Hall–Kier alpha value is -2.07. The largest absolute Gasteiger partial charge is 0.497 e. The van der Waals surface area contributed by atoms with Crippen molar-refractivity contribution in [3.8, 4) is 5.75 Å². The van der Waals surface area contributed by atoms with Gasteiger partial charge in [0, 0.05) is 16.8 Å². The van der Waals surface area contributed by atoms with E-state index in [2.05, 4.69) is 0 Å². The summed E-state index contributed by atoms with van der Waals surface area (Å²) in [7, 11) is 1.50. The maximum Gasteiger partial charge on any atom is 0.194 e. The highest BCUT2D eigenvalue weighted by Crippen LogP contribution is 2.25. The third kappa shape index (κ3) is 2.85. The van der Waals surface area contributed by atoms with Crippen LogP contribution in [-0.4, -0.2) is 12.9 Å². The smallest absolute Gasteiger partial charge is 0.194 e. The lowest BCUT2D eigenvalue weighted by molar-refractivity contribution is 0.103. The van der Waals surface area contributed by atoms with Gasteiger partial charge in [-0.2, -0.15) is 0 Å². The lowest BCUT2D eigenvalue weighted by atomic mass is 10.0. The van der Waals surface area contributed by atoms with Gasteiger partial charge in [-0.1, -0.05) is 11.6 Å². The van der Waals surface area contributed by atoms with Crippen LogP contribution in [0.15, 0.2) is 36.4 Å². The monoisotopic (exact) mass is 279 g/mol. The Balaban J connectivity index is 2.44. The first-order valence-electron chi connectivity index (χ1n) is 5.45. The summed E-state index contributed by atoms with van der Waals surface area (Å²) in [5.41, 5.74) is 6.13. The maximum atomic E-state index is 13.2. The van der Waals surface area contributed by atoms with Crippen molar-refractivity contribution in [2.24, 2.45) is 0 Å². The predicted molar refractivity (Wildman–Crippen MR) is 72.2 cm³/mol. The van der Waals surface area contributed by atoms with E-state index >= 15 is 0 Å². The first kappa shape index (κ1) is 13.4. The number of ether oxygens (including phenoxy) is 1. The molecule has 5 heteroatoms. The second kappa shape index (κ2) is 5.28. The minimum Gasteiger partial charge on any atom is -0.497 e. The Kier molecular flexibility index (Phi) is 3.71. The maximum absolute atomic E-state index is 13.2. The zero-order valence-electron chi connectivity index (χ0n) is 10.1. The zero-order chi connectivity index (χ0) is 14.0. The number of rotatable bonds is 3. The van der Waals surface area contributed by atoms with Crippen molar-refractivity contribution in [3.05, 3.63) is 58.4 Å². The van der Waals surface area contributed by atoms with E-state index < -0.39 is 5.82 Å². The van der Waals surface area contributed by atoms with E-state index in [0.717, 1.165) is 12.1 Å². The predicted octanol–water partition coefficient (Wildman–Crippen LogP) is 3.30. The minimum atomic E-state index is -0.562. The summed E-state index contributed by atoms with van der Waals surface area (Å²) < 4.78 is 18.2. The fourth-order valence-electron chi connectivity index (χ4n) is 1.71. The Bertz CT molecular complexity index is 623. The lowest BCUT2D eigenvalue weighted by Crippen LogP contribution is -2.04. The van der Waals surface area contributed by atoms with Gasteiger partial charge in [0.15, 0.2) is 5.78 Å². The van der Waals surface area contributed by atoms with E-state index in [-0.39, 0.29) is 27.6 Å². The number of benzene rings is 2. The van der Waals surface area contributed by atoms with Crippen molar-refractivity contribution in [2.75, 3.05) is 12.8 Å². The van der Waals surface area contributed by atoms with Crippen LogP contribution in [0.2, 0.25) is 5.02 Å². The van der Waals surface area contributed by atoms with Crippen molar-refractivity contribution in [2.45, 2.75) is 0 Å². The van der Waals surface area contributed by atoms with E-state index in [4.69, 9.17) is 22.1 Å². The second-order valence-corrected chi connectivity index (χ2v) is 4.36. The standard InChI is InChI=1S/C14H11ClFNO2/c1-19-11-2-3-12(13(15)7-11)14(18)8-4-9(16)6-10(17)5-8/h2-7H,17H2,1H3. The number of nitrogens with two attached hydrogens (primary N) is 1. The van der Waals surface area contributed by atoms with Crippen LogP contribution < -0.4 is 10.5 Å². The van der Waals surface area contributed by atoms with Crippen LogP contribution in [0.3, 0.4) is 0 Å². The number of ketones is 1. The van der Waals surface area contributed by atoms with Crippen molar-refractivity contribution in [3.63, 3.8) is 0 Å². The molecule has 0 saturated heterocycles. The average Bonchev–Trinajstić information content (AvgIpc) is 2.36. The average molecular weight is 280 g/mol. The third-order valence-electron chi connectivity index (χ3n) is 2.60. The molecule has 2 aromatic carbocycles. The van der Waals surface area contributed by atoms with E-state index in [0.29, 0.717) is 5.75 Å². The molecule has 0 saturated carbocycles. The Morgan fingerprint density at radius 3 is 2.58 bits per heavy atom. The number of hydrogen-bond acceptors (Lipinski definition) is 3. The second-order valence-electron chi connectivity index (χ2n) is 3.95. The molecular weight excluding hydrogens is 269 g/mol. The number of anilines is 1. The van der Waals surface area contributed by atoms with Gasteiger partial charge < -0.3 is 10.5 Å². The molecule has 0 aliphatic rings. The number of carbonyl (C=O) groups is 1. The van der Waals surface area contributed by atoms with Crippen LogP contribution >= 0.6 is 11.6 Å². The van der Waals surface area contributed by atoms with Crippen molar-refractivity contribution >= 4 is 23.1 Å². The van der Waals surface area contributed by atoms with E-state index in [1.165, 1.54) is 25.3 Å². The highest BCUT2D eigenvalue weighted by molar-refractivity contribution is 6.35. The lowest BCUT2D eigenvalue weighted by Gasteiger charge is -2.07. The van der Waals surface area contributed by atoms with Crippen LogP contribution in [-0.2, 0) is 0 Å². The Morgan fingerprint density at radius 2 is 2.00 bits per heavy atom. The highest BCUT2D eigenvalue weighted by atomic mass is 35.5. The molecule has 0 radical (unpaired) electrons. The molecule has 0 bridgehead atoms. The molecule has 0 aliphatic heterocycles. The SMILES string of the molecule is COc1ccc(C(=O)c2cc(N)cc(F)c2)c(Cl)c1. The van der Waals surface area contributed by atoms with Crippen molar-refractivity contribution in [1.82, 2.24) is 0 Å². The van der Waals surface area contributed by atoms with Crippen LogP contribution in [0.5, 0.6) is 5.75 Å². The molecule has 0 atom stereocenters. The molecule has 0 aliphatic carbocycles. The van der Waals surface area contributed by atoms with Crippen LogP contribution in [0.25, 0.3) is 0 Å². The van der Waals surface area contributed by atoms with Gasteiger partial charge in [-0.05, 0) is 36.4 Å². The van der Waals surface area contributed by atoms with Gasteiger partial charge in [0.2, 0.25) is 0 Å². The van der Waals surface area contributed by atoms with Crippen LogP contribution in [0.4, 0.5) is 10.1 Å². The summed E-state index contributed by atoms with van der Waals surface area (Å²) in [6.07, 6.45) is 0. The quantitative estimate of drug-likeness (QED) is 0.693. The zero-order valence-corrected chi connectivity index (χ0v) is 10.9. The summed E-state index contributed by atoms with van der Waals surface area (Å²) in [4.78, 5) is 12.2. The van der Waals surface area contributed by atoms with Crippen LogP contribution in [0, 0.1) is 5.82 Å². The molecule has 98 valence electrons. The number of carbonyl (C=O) groups excluding carboxylic acids is 1. The number of hydrogen-bond donors (Lipinski definition) is 1. The molecule has 19 heavy (non-hydrogen) atoms. The number of halogens is 2. The Labute approximate surface area is 114 Å².